The fourth-order valence-corrected chi connectivity index (χ4v) is 9.34. The van der Waals surface area contributed by atoms with Crippen LogP contribution in [0.5, 0.6) is 0 Å². The van der Waals surface area contributed by atoms with Crippen molar-refractivity contribution in [3.05, 3.63) is 24.3 Å². The van der Waals surface area contributed by atoms with Crippen molar-refractivity contribution in [2.75, 3.05) is 13.2 Å². The van der Waals surface area contributed by atoms with Gasteiger partial charge in [-0.05, 0) is 57.8 Å². The summed E-state index contributed by atoms with van der Waals surface area (Å²) in [6, 6.07) is -0.633. The van der Waals surface area contributed by atoms with Crippen molar-refractivity contribution in [2.45, 2.75) is 341 Å². The number of carbonyl (C=O) groups is 2. The Morgan fingerprint density at radius 3 is 1.06 bits per heavy atom. The molecule has 0 aromatic heterocycles. The van der Waals surface area contributed by atoms with Gasteiger partial charge in [0.25, 0.3) is 0 Å². The molecule has 0 fully saturated rings. The highest BCUT2D eigenvalue weighted by atomic mass is 16.5. The number of ether oxygens (including phenoxy) is 1. The molecule has 0 spiro atoms. The van der Waals surface area contributed by atoms with Crippen molar-refractivity contribution < 1.29 is 24.5 Å². The molecule has 67 heavy (non-hydrogen) atoms. The van der Waals surface area contributed by atoms with E-state index in [2.05, 4.69) is 31.3 Å². The SMILES string of the molecule is CCCCCCCCC/C=C\CCCCCCCCCC(=O)OCCCCCCCCCCCCCCCCCCC(=O)NC(CO)C(O)/C=C/CCCCCCCCCCCCCCCC. The van der Waals surface area contributed by atoms with Gasteiger partial charge in [0.2, 0.25) is 5.91 Å². The van der Waals surface area contributed by atoms with Crippen LogP contribution in [0, 0.1) is 0 Å². The van der Waals surface area contributed by atoms with Crippen LogP contribution in [-0.2, 0) is 14.3 Å². The lowest BCUT2D eigenvalue weighted by Crippen LogP contribution is -2.45. The fourth-order valence-electron chi connectivity index (χ4n) is 9.34. The number of aliphatic hydroxyl groups excluding tert-OH is 2. The highest BCUT2D eigenvalue weighted by Crippen LogP contribution is 2.17. The van der Waals surface area contributed by atoms with E-state index in [1.54, 1.807) is 6.08 Å². The molecule has 0 saturated carbocycles. The van der Waals surface area contributed by atoms with Crippen LogP contribution in [0.25, 0.3) is 0 Å². The van der Waals surface area contributed by atoms with E-state index in [9.17, 15) is 19.8 Å². The second kappa shape index (κ2) is 56.9. The Kier molecular flexibility index (Phi) is 55.5. The monoisotopic (exact) mass is 944 g/mol. The van der Waals surface area contributed by atoms with E-state index in [4.69, 9.17) is 4.74 Å². The lowest BCUT2D eigenvalue weighted by atomic mass is 10.0. The molecular weight excluding hydrogens is 827 g/mol. The number of rotatable bonds is 56. The molecule has 3 N–H and O–H groups in total. The summed E-state index contributed by atoms with van der Waals surface area (Å²) < 4.78 is 5.49. The fraction of sp³-hybridized carbons (Fsp3) is 0.902. The predicted molar refractivity (Wildman–Crippen MR) is 292 cm³/mol. The Bertz CT molecular complexity index is 1040. The Morgan fingerprint density at radius 1 is 0.403 bits per heavy atom. The summed E-state index contributed by atoms with van der Waals surface area (Å²) in [6.45, 7) is 4.90. The van der Waals surface area contributed by atoms with Crippen LogP contribution in [0.15, 0.2) is 24.3 Å². The summed E-state index contributed by atoms with van der Waals surface area (Å²) in [5, 5.41) is 23.1. The number of unbranched alkanes of at least 4 members (excludes halogenated alkanes) is 43. The molecule has 0 aliphatic rings. The lowest BCUT2D eigenvalue weighted by Gasteiger charge is -2.20. The van der Waals surface area contributed by atoms with Gasteiger partial charge in [0.15, 0.2) is 0 Å². The summed E-state index contributed by atoms with van der Waals surface area (Å²) >= 11 is 0. The Labute approximate surface area is 418 Å². The molecule has 2 unspecified atom stereocenters. The molecule has 0 heterocycles. The molecule has 6 nitrogen and oxygen atoms in total. The number of allylic oxidation sites excluding steroid dienone is 3. The minimum absolute atomic E-state index is 0.000358. The van der Waals surface area contributed by atoms with Gasteiger partial charge in [0.05, 0.1) is 25.4 Å². The maximum atomic E-state index is 12.5. The molecule has 0 aliphatic heterocycles. The van der Waals surface area contributed by atoms with Gasteiger partial charge >= 0.3 is 5.97 Å². The summed E-state index contributed by atoms with van der Waals surface area (Å²) in [6.07, 6.45) is 69.1. The van der Waals surface area contributed by atoms with Crippen LogP contribution < -0.4 is 5.32 Å². The number of hydrogen-bond acceptors (Lipinski definition) is 5. The highest BCUT2D eigenvalue weighted by Gasteiger charge is 2.18. The zero-order valence-corrected chi connectivity index (χ0v) is 45.1. The van der Waals surface area contributed by atoms with Gasteiger partial charge in [0.1, 0.15) is 0 Å². The second-order valence-corrected chi connectivity index (χ2v) is 20.7. The summed E-state index contributed by atoms with van der Waals surface area (Å²) in [7, 11) is 0. The molecular formula is C61H117NO5. The molecule has 0 aromatic carbocycles. The number of carbonyl (C=O) groups excluding carboxylic acids is 2. The summed E-state index contributed by atoms with van der Waals surface area (Å²) in [5.41, 5.74) is 0. The van der Waals surface area contributed by atoms with Gasteiger partial charge in [-0.3, -0.25) is 9.59 Å². The van der Waals surface area contributed by atoms with Gasteiger partial charge in [-0.25, -0.2) is 0 Å². The van der Waals surface area contributed by atoms with Gasteiger partial charge in [-0.1, -0.05) is 282 Å². The number of amides is 1. The summed E-state index contributed by atoms with van der Waals surface area (Å²) in [5.74, 6) is -0.0734. The summed E-state index contributed by atoms with van der Waals surface area (Å²) in [4.78, 5) is 24.6. The first-order chi connectivity index (χ1) is 33.0. The second-order valence-electron chi connectivity index (χ2n) is 20.7. The van der Waals surface area contributed by atoms with E-state index in [0.29, 0.717) is 19.4 Å². The van der Waals surface area contributed by atoms with E-state index in [0.717, 1.165) is 44.9 Å². The number of hydrogen-bond donors (Lipinski definition) is 3. The van der Waals surface area contributed by atoms with E-state index < -0.39 is 12.1 Å². The van der Waals surface area contributed by atoms with Gasteiger partial charge < -0.3 is 20.3 Å². The molecule has 0 aliphatic carbocycles. The van der Waals surface area contributed by atoms with E-state index in [1.165, 1.54) is 257 Å². The van der Waals surface area contributed by atoms with Gasteiger partial charge in [-0.15, -0.1) is 0 Å². The number of esters is 1. The topological polar surface area (TPSA) is 95.9 Å². The third kappa shape index (κ3) is 53.5. The first-order valence-electron chi connectivity index (χ1n) is 30.1. The maximum Gasteiger partial charge on any atom is 0.305 e. The van der Waals surface area contributed by atoms with Crippen LogP contribution >= 0.6 is 0 Å². The third-order valence-corrected chi connectivity index (χ3v) is 14.0. The van der Waals surface area contributed by atoms with Crippen LogP contribution in [0.4, 0.5) is 0 Å². The zero-order valence-electron chi connectivity index (χ0n) is 45.1. The lowest BCUT2D eigenvalue weighted by molar-refractivity contribution is -0.143. The molecule has 6 heteroatoms. The van der Waals surface area contributed by atoms with Crippen molar-refractivity contribution in [3.8, 4) is 0 Å². The Balaban J connectivity index is 3.43. The minimum atomic E-state index is -0.849. The van der Waals surface area contributed by atoms with Crippen molar-refractivity contribution in [3.63, 3.8) is 0 Å². The molecule has 0 rings (SSSR count). The normalized spacial score (nSPS) is 12.7. The Hall–Kier alpha value is -1.66. The highest BCUT2D eigenvalue weighted by molar-refractivity contribution is 5.76. The predicted octanol–water partition coefficient (Wildman–Crippen LogP) is 18.6. The van der Waals surface area contributed by atoms with Gasteiger partial charge in [0, 0.05) is 12.8 Å². The largest absolute Gasteiger partial charge is 0.466 e. The van der Waals surface area contributed by atoms with E-state index in [-0.39, 0.29) is 18.5 Å². The number of aliphatic hydroxyl groups is 2. The molecule has 1 amide bonds. The maximum absolute atomic E-state index is 12.5. The molecule has 0 bridgehead atoms. The first kappa shape index (κ1) is 65.3. The Morgan fingerprint density at radius 2 is 0.701 bits per heavy atom. The van der Waals surface area contributed by atoms with Crippen molar-refractivity contribution in [1.82, 2.24) is 5.32 Å². The van der Waals surface area contributed by atoms with Crippen LogP contribution in [0.3, 0.4) is 0 Å². The van der Waals surface area contributed by atoms with Gasteiger partial charge in [-0.2, -0.15) is 0 Å². The quantitative estimate of drug-likeness (QED) is 0.0321. The molecule has 0 aromatic rings. The minimum Gasteiger partial charge on any atom is -0.466 e. The average Bonchev–Trinajstić information content (AvgIpc) is 3.33. The first-order valence-corrected chi connectivity index (χ1v) is 30.1. The van der Waals surface area contributed by atoms with Crippen molar-refractivity contribution in [1.29, 1.82) is 0 Å². The smallest absolute Gasteiger partial charge is 0.305 e. The number of nitrogens with one attached hydrogen (secondary N) is 1. The van der Waals surface area contributed by atoms with Crippen LogP contribution in [0.1, 0.15) is 328 Å². The van der Waals surface area contributed by atoms with E-state index in [1.807, 2.05) is 6.08 Å². The zero-order chi connectivity index (χ0) is 48.6. The average molecular weight is 945 g/mol. The molecule has 396 valence electrons. The molecule has 0 saturated heterocycles. The van der Waals surface area contributed by atoms with Crippen molar-refractivity contribution >= 4 is 11.9 Å². The molecule has 0 radical (unpaired) electrons. The standard InChI is InChI=1S/C61H117NO5/c1-3-5-7-9-11-13-15-17-19-21-22-27-31-35-39-43-47-51-55-61(66)67-56-52-48-44-40-36-32-28-24-23-26-30-34-38-42-46-50-54-60(65)62-58(57-63)59(64)53-49-45-41-37-33-29-25-20-18-16-14-12-10-8-6-4-2/h19,21,49,53,58-59,63-64H,3-18,20,22-48,50-52,54-57H2,1-2H3,(H,62,65)/b21-19-,53-49+. The van der Waals surface area contributed by atoms with E-state index >= 15 is 0 Å². The van der Waals surface area contributed by atoms with Crippen LogP contribution in [0.2, 0.25) is 0 Å². The third-order valence-electron chi connectivity index (χ3n) is 14.0. The van der Waals surface area contributed by atoms with Crippen molar-refractivity contribution in [2.24, 2.45) is 0 Å². The molecule has 2 atom stereocenters. The van der Waals surface area contributed by atoms with Crippen LogP contribution in [-0.4, -0.2) is 47.4 Å².